The van der Waals surface area contributed by atoms with E-state index in [0.717, 1.165) is 11.4 Å². The Morgan fingerprint density at radius 3 is 1.69 bits per heavy atom. The summed E-state index contributed by atoms with van der Waals surface area (Å²) in [6.45, 7) is 0.995. The van der Waals surface area contributed by atoms with Crippen molar-refractivity contribution in [1.29, 1.82) is 0 Å². The van der Waals surface area contributed by atoms with E-state index in [9.17, 15) is 0 Å². The lowest BCUT2D eigenvalue weighted by Crippen LogP contribution is -2.34. The van der Waals surface area contributed by atoms with Crippen molar-refractivity contribution in [2.75, 3.05) is 0 Å². The second-order valence-electron chi connectivity index (χ2n) is 5.65. The van der Waals surface area contributed by atoms with E-state index in [4.69, 9.17) is 0 Å². The molecule has 0 unspecified atom stereocenters. The van der Waals surface area contributed by atoms with Gasteiger partial charge in [0.2, 0.25) is 0 Å². The molecule has 0 bridgehead atoms. The number of nitrogens with zero attached hydrogens (tertiary/aromatic N) is 9. The first-order valence-corrected chi connectivity index (χ1v) is 8.11. The highest BCUT2D eigenvalue weighted by molar-refractivity contribution is 5.21. The molecule has 0 atom stereocenters. The predicted octanol–water partition coefficient (Wildman–Crippen LogP) is 1.37. The molecule has 4 heterocycles. The maximum atomic E-state index is 4.56. The van der Waals surface area contributed by atoms with Crippen LogP contribution in [-0.2, 0) is 13.3 Å². The van der Waals surface area contributed by atoms with Gasteiger partial charge in [0.05, 0.1) is 30.8 Å². The highest BCUT2D eigenvalue weighted by atomic mass is 15.5. The maximum Gasteiger partial charge on any atom is 0.137 e. The number of rotatable bonds is 7. The maximum absolute atomic E-state index is 4.56. The van der Waals surface area contributed by atoms with E-state index in [0.29, 0.717) is 13.3 Å². The zero-order chi connectivity index (χ0) is 17.6. The standard InChI is InChI=1S/C17H17N9/c1-3-7-20-15(5-1)17(16-6-2-4-8-21-16)24(13-25-11-18-9-22-25)14-26-12-19-10-23-26/h1-12,17H,13-14H2. The van der Waals surface area contributed by atoms with Gasteiger partial charge in [0, 0.05) is 12.4 Å². The Morgan fingerprint density at radius 2 is 1.31 bits per heavy atom. The van der Waals surface area contributed by atoms with Crippen molar-refractivity contribution in [2.45, 2.75) is 19.4 Å². The van der Waals surface area contributed by atoms with E-state index in [1.807, 2.05) is 36.4 Å². The molecule has 0 spiro atoms. The first kappa shape index (κ1) is 16.0. The summed E-state index contributed by atoms with van der Waals surface area (Å²) < 4.78 is 3.52. The summed E-state index contributed by atoms with van der Waals surface area (Å²) >= 11 is 0. The summed E-state index contributed by atoms with van der Waals surface area (Å²) in [6.07, 6.45) is 9.97. The summed E-state index contributed by atoms with van der Waals surface area (Å²) in [7, 11) is 0. The Morgan fingerprint density at radius 1 is 0.769 bits per heavy atom. The Balaban J connectivity index is 1.74. The fourth-order valence-electron chi connectivity index (χ4n) is 2.79. The third kappa shape index (κ3) is 3.62. The third-order valence-corrected chi connectivity index (χ3v) is 3.89. The first-order valence-electron chi connectivity index (χ1n) is 8.11. The summed E-state index contributed by atoms with van der Waals surface area (Å²) in [4.78, 5) is 19.4. The Labute approximate surface area is 150 Å². The molecule has 0 radical (unpaired) electrons. The van der Waals surface area contributed by atoms with Gasteiger partial charge in [-0.1, -0.05) is 12.1 Å². The Kier molecular flexibility index (Phi) is 4.70. The lowest BCUT2D eigenvalue weighted by molar-refractivity contribution is 0.111. The molecule has 0 aliphatic rings. The van der Waals surface area contributed by atoms with Gasteiger partial charge in [-0.25, -0.2) is 19.3 Å². The minimum absolute atomic E-state index is 0.175. The highest BCUT2D eigenvalue weighted by Gasteiger charge is 2.25. The van der Waals surface area contributed by atoms with Gasteiger partial charge in [0.25, 0.3) is 0 Å². The van der Waals surface area contributed by atoms with Gasteiger partial charge in [0.1, 0.15) is 25.3 Å². The van der Waals surface area contributed by atoms with Crippen LogP contribution in [0.25, 0.3) is 0 Å². The van der Waals surface area contributed by atoms with Crippen molar-refractivity contribution < 1.29 is 0 Å². The molecule has 0 N–H and O–H groups in total. The number of hydrogen-bond acceptors (Lipinski definition) is 7. The summed E-state index contributed by atoms with van der Waals surface area (Å²) in [5.74, 6) is 0. The lowest BCUT2D eigenvalue weighted by atomic mass is 10.1. The molecular formula is C17H17N9. The molecule has 130 valence electrons. The quantitative estimate of drug-likeness (QED) is 0.498. The molecule has 0 fully saturated rings. The molecule has 4 rings (SSSR count). The Hall–Kier alpha value is -3.46. The average molecular weight is 347 g/mol. The van der Waals surface area contributed by atoms with Crippen molar-refractivity contribution in [1.82, 2.24) is 44.4 Å². The van der Waals surface area contributed by atoms with Crippen LogP contribution in [0, 0.1) is 0 Å². The fraction of sp³-hybridized carbons (Fsp3) is 0.176. The van der Waals surface area contributed by atoms with Gasteiger partial charge in [-0.3, -0.25) is 14.9 Å². The van der Waals surface area contributed by atoms with Crippen LogP contribution in [0.2, 0.25) is 0 Å². The first-order chi connectivity index (χ1) is 12.9. The summed E-state index contributed by atoms with van der Waals surface area (Å²) in [6, 6.07) is 11.6. The van der Waals surface area contributed by atoms with Crippen molar-refractivity contribution in [3.8, 4) is 0 Å². The van der Waals surface area contributed by atoms with Crippen LogP contribution >= 0.6 is 0 Å². The van der Waals surface area contributed by atoms with Gasteiger partial charge in [-0.05, 0) is 24.3 Å². The second-order valence-corrected chi connectivity index (χ2v) is 5.65. The van der Waals surface area contributed by atoms with Crippen LogP contribution in [0.4, 0.5) is 0 Å². The molecule has 0 aromatic carbocycles. The minimum atomic E-state index is -0.175. The second kappa shape index (κ2) is 7.62. The van der Waals surface area contributed by atoms with Crippen molar-refractivity contribution in [2.24, 2.45) is 0 Å². The Bertz CT molecular complexity index is 816. The van der Waals surface area contributed by atoms with Crippen LogP contribution < -0.4 is 0 Å². The summed E-state index contributed by atoms with van der Waals surface area (Å²) in [5.41, 5.74) is 1.79. The molecule has 0 aliphatic carbocycles. The molecule has 4 aromatic heterocycles. The minimum Gasteiger partial charge on any atom is -0.259 e. The van der Waals surface area contributed by atoms with Gasteiger partial charge in [0.15, 0.2) is 0 Å². The van der Waals surface area contributed by atoms with E-state index in [1.54, 1.807) is 34.4 Å². The topological polar surface area (TPSA) is 90.4 Å². The zero-order valence-corrected chi connectivity index (χ0v) is 13.9. The highest BCUT2D eigenvalue weighted by Crippen LogP contribution is 2.26. The number of pyridine rings is 2. The van der Waals surface area contributed by atoms with Crippen molar-refractivity contribution in [3.63, 3.8) is 0 Å². The monoisotopic (exact) mass is 347 g/mol. The molecular weight excluding hydrogens is 330 g/mol. The molecule has 0 aliphatic heterocycles. The van der Waals surface area contributed by atoms with E-state index in [1.165, 1.54) is 12.7 Å². The molecule has 9 heteroatoms. The smallest absolute Gasteiger partial charge is 0.137 e. The van der Waals surface area contributed by atoms with Crippen LogP contribution in [0.15, 0.2) is 74.1 Å². The van der Waals surface area contributed by atoms with Crippen molar-refractivity contribution in [3.05, 3.63) is 85.5 Å². The lowest BCUT2D eigenvalue weighted by Gasteiger charge is -2.30. The van der Waals surface area contributed by atoms with E-state index in [-0.39, 0.29) is 6.04 Å². The van der Waals surface area contributed by atoms with Gasteiger partial charge in [-0.2, -0.15) is 10.2 Å². The molecule has 0 amide bonds. The molecule has 9 nitrogen and oxygen atoms in total. The van der Waals surface area contributed by atoms with Crippen LogP contribution in [0.3, 0.4) is 0 Å². The van der Waals surface area contributed by atoms with Crippen molar-refractivity contribution >= 4 is 0 Å². The largest absolute Gasteiger partial charge is 0.259 e. The van der Waals surface area contributed by atoms with Gasteiger partial charge >= 0.3 is 0 Å². The SMILES string of the molecule is c1ccc(C(c2ccccn2)N(Cn2cncn2)Cn2cncn2)nc1. The third-order valence-electron chi connectivity index (χ3n) is 3.89. The van der Waals surface area contributed by atoms with Gasteiger partial charge < -0.3 is 0 Å². The van der Waals surface area contributed by atoms with Gasteiger partial charge in [-0.15, -0.1) is 0 Å². The zero-order valence-electron chi connectivity index (χ0n) is 13.9. The molecule has 4 aromatic rings. The average Bonchev–Trinajstić information content (AvgIpc) is 3.38. The molecule has 0 saturated carbocycles. The number of aromatic nitrogens is 8. The van der Waals surface area contributed by atoms with Crippen LogP contribution in [0.5, 0.6) is 0 Å². The van der Waals surface area contributed by atoms with E-state index in [2.05, 4.69) is 35.0 Å². The molecule has 0 saturated heterocycles. The molecule has 26 heavy (non-hydrogen) atoms. The normalized spacial score (nSPS) is 11.3. The summed E-state index contributed by atoms with van der Waals surface area (Å²) in [5, 5.41) is 8.47. The predicted molar refractivity (Wildman–Crippen MR) is 92.2 cm³/mol. The fourth-order valence-corrected chi connectivity index (χ4v) is 2.79. The van der Waals surface area contributed by atoms with Crippen LogP contribution in [-0.4, -0.2) is 44.4 Å². The van der Waals surface area contributed by atoms with Crippen LogP contribution in [0.1, 0.15) is 17.4 Å². The number of hydrogen-bond donors (Lipinski definition) is 0. The van der Waals surface area contributed by atoms with E-state index >= 15 is 0 Å². The van der Waals surface area contributed by atoms with E-state index < -0.39 is 0 Å².